The van der Waals surface area contributed by atoms with Gasteiger partial charge in [-0.15, -0.1) is 0 Å². The molecule has 2 atom stereocenters. The van der Waals surface area contributed by atoms with E-state index in [0.29, 0.717) is 89.1 Å². The summed E-state index contributed by atoms with van der Waals surface area (Å²) in [6, 6.07) is 7.76. The molecule has 9 N–H and O–H groups in total. The summed E-state index contributed by atoms with van der Waals surface area (Å²) in [5.74, 6) is -0.666. The summed E-state index contributed by atoms with van der Waals surface area (Å²) in [7, 11) is 1.90. The highest BCUT2D eigenvalue weighted by Crippen LogP contribution is 2.29. The number of carbonyl (C=O) groups excluding carboxylic acids is 4. The highest BCUT2D eigenvalue weighted by atomic mass is 16.5. The molecule has 15 heteroatoms. The number of aromatic nitrogens is 3. The minimum Gasteiger partial charge on any atom is -0.382 e. The lowest BCUT2D eigenvalue weighted by Gasteiger charge is -2.16. The summed E-state index contributed by atoms with van der Waals surface area (Å²) in [5, 5.41) is 9.65. The molecule has 15 nitrogen and oxygen atoms in total. The Bertz CT molecular complexity index is 1560. The van der Waals surface area contributed by atoms with E-state index in [4.69, 9.17) is 31.7 Å². The van der Waals surface area contributed by atoms with Crippen LogP contribution >= 0.6 is 0 Å². The number of aryl methyl sites for hydroxylation is 1. The van der Waals surface area contributed by atoms with Crippen LogP contribution in [0.5, 0.6) is 0 Å². The second kappa shape index (κ2) is 22.5. The van der Waals surface area contributed by atoms with Gasteiger partial charge in [0.1, 0.15) is 31.2 Å². The molecule has 0 aliphatic heterocycles. The molecule has 0 saturated carbocycles. The molecular formula is C36H57N9O6. The minimum absolute atomic E-state index is 0.187. The van der Waals surface area contributed by atoms with Crippen LogP contribution in [-0.2, 0) is 41.8 Å². The molecule has 0 aliphatic rings. The van der Waals surface area contributed by atoms with Gasteiger partial charge in [-0.25, -0.2) is 9.97 Å². The molecule has 2 heterocycles. The maximum Gasteiger partial charge on any atom is 0.246 e. The lowest BCUT2D eigenvalue weighted by Crippen LogP contribution is -2.33. The summed E-state index contributed by atoms with van der Waals surface area (Å²) in [4.78, 5) is 57.6. The summed E-state index contributed by atoms with van der Waals surface area (Å²) in [6.45, 7) is 4.61. The monoisotopic (exact) mass is 711 g/mol. The fourth-order valence-electron chi connectivity index (χ4n) is 6.16. The first-order valence-electron chi connectivity index (χ1n) is 18.1. The van der Waals surface area contributed by atoms with Crippen molar-refractivity contribution in [3.05, 3.63) is 30.1 Å². The molecule has 1 aromatic carbocycles. The number of ether oxygens (including phenoxy) is 2. The number of anilines is 1. The lowest BCUT2D eigenvalue weighted by atomic mass is 9.90. The summed E-state index contributed by atoms with van der Waals surface area (Å²) in [5.41, 5.74) is 19.7. The number of carbonyl (C=O) groups is 4. The Kier molecular flexibility index (Phi) is 18.1. The third-order valence-corrected chi connectivity index (χ3v) is 8.91. The number of imidazole rings is 1. The molecule has 3 rings (SSSR count). The SMILES string of the molecule is CCOCc1nc2c(N)nc3ccccc3c2n1CCCNC(=O)COCC(=O)NCCCCC(CCCC(CCCCNC)C(N)=O)C(N)=O. The highest BCUT2D eigenvalue weighted by Gasteiger charge is 2.20. The van der Waals surface area contributed by atoms with Crippen LogP contribution in [0.2, 0.25) is 0 Å². The Balaban J connectivity index is 1.31. The Morgan fingerprint density at radius 2 is 1.37 bits per heavy atom. The van der Waals surface area contributed by atoms with E-state index >= 15 is 0 Å². The molecule has 2 unspecified atom stereocenters. The number of nitrogens with zero attached hydrogens (tertiary/aromatic N) is 3. The van der Waals surface area contributed by atoms with E-state index in [1.54, 1.807) is 0 Å². The molecule has 0 aliphatic carbocycles. The average Bonchev–Trinajstić information content (AvgIpc) is 3.48. The van der Waals surface area contributed by atoms with Crippen LogP contribution < -0.4 is 33.2 Å². The normalized spacial score (nSPS) is 12.6. The number of nitrogen functional groups attached to an aromatic ring is 1. The Morgan fingerprint density at radius 3 is 1.98 bits per heavy atom. The van der Waals surface area contributed by atoms with E-state index in [1.807, 2.05) is 38.2 Å². The molecule has 51 heavy (non-hydrogen) atoms. The van der Waals surface area contributed by atoms with Crippen molar-refractivity contribution >= 4 is 51.4 Å². The van der Waals surface area contributed by atoms with Crippen molar-refractivity contribution in [3.63, 3.8) is 0 Å². The molecular weight excluding hydrogens is 654 g/mol. The van der Waals surface area contributed by atoms with Gasteiger partial charge >= 0.3 is 0 Å². The number of amides is 4. The Morgan fingerprint density at radius 1 is 0.784 bits per heavy atom. The standard InChI is InChI=1S/C36H57N9O6/c1-3-50-22-29-44-32-33(27-16-4-5-17-28(27)43-34(32)37)45(29)21-11-20-42-31(47)24-51-23-30(46)41-19-9-7-13-26(36(39)49)15-10-14-25(35(38)48)12-6-8-18-40-2/h4-5,16-17,25-26,40H,3,6-15,18-24H2,1-2H3,(H2,37,43)(H2,38,48)(H2,39,49)(H,41,46)(H,42,47). The fourth-order valence-corrected chi connectivity index (χ4v) is 6.16. The third-order valence-electron chi connectivity index (χ3n) is 8.91. The summed E-state index contributed by atoms with van der Waals surface area (Å²) < 4.78 is 13.0. The molecule has 2 aromatic heterocycles. The maximum atomic E-state index is 12.4. The minimum atomic E-state index is -0.353. The molecule has 3 aromatic rings. The molecule has 0 spiro atoms. The maximum absolute atomic E-state index is 12.4. The third kappa shape index (κ3) is 13.7. The van der Waals surface area contributed by atoms with Crippen LogP contribution in [0.1, 0.15) is 77.0 Å². The smallest absolute Gasteiger partial charge is 0.246 e. The number of para-hydroxylation sites is 1. The summed E-state index contributed by atoms with van der Waals surface area (Å²) in [6.07, 6.45) is 7.23. The van der Waals surface area contributed by atoms with Crippen molar-refractivity contribution in [1.82, 2.24) is 30.5 Å². The number of unbranched alkanes of at least 4 members (excludes halogenated alkanes) is 2. The van der Waals surface area contributed by atoms with Gasteiger partial charge in [-0.2, -0.15) is 0 Å². The highest BCUT2D eigenvalue weighted by molar-refractivity contribution is 6.06. The Hall–Kier alpha value is -4.34. The predicted molar refractivity (Wildman–Crippen MR) is 197 cm³/mol. The van der Waals surface area contributed by atoms with Gasteiger partial charge in [0.15, 0.2) is 5.82 Å². The zero-order valence-electron chi connectivity index (χ0n) is 30.2. The molecule has 0 radical (unpaired) electrons. The number of hydrogen-bond acceptors (Lipinski definition) is 10. The van der Waals surface area contributed by atoms with Gasteiger partial charge in [0.2, 0.25) is 23.6 Å². The topological polar surface area (TPSA) is 232 Å². The van der Waals surface area contributed by atoms with Crippen molar-refractivity contribution in [2.24, 2.45) is 23.3 Å². The van der Waals surface area contributed by atoms with E-state index in [-0.39, 0.29) is 48.7 Å². The molecule has 282 valence electrons. The second-order valence-corrected chi connectivity index (χ2v) is 12.8. The predicted octanol–water partition coefficient (Wildman–Crippen LogP) is 2.28. The second-order valence-electron chi connectivity index (χ2n) is 12.8. The number of benzene rings is 1. The number of pyridine rings is 1. The molecule has 4 amide bonds. The van der Waals surface area contributed by atoms with E-state index in [9.17, 15) is 19.2 Å². The Labute approximate surface area is 300 Å². The fraction of sp³-hybridized carbons (Fsp3) is 0.611. The number of nitrogens with two attached hydrogens (primary N) is 3. The number of hydrogen-bond donors (Lipinski definition) is 6. The summed E-state index contributed by atoms with van der Waals surface area (Å²) >= 11 is 0. The van der Waals surface area contributed by atoms with Crippen LogP contribution in [0.4, 0.5) is 5.82 Å². The van der Waals surface area contributed by atoms with Gasteiger partial charge in [-0.1, -0.05) is 37.5 Å². The van der Waals surface area contributed by atoms with E-state index in [1.165, 1.54) is 0 Å². The van der Waals surface area contributed by atoms with Crippen LogP contribution in [0.25, 0.3) is 21.9 Å². The van der Waals surface area contributed by atoms with Gasteiger partial charge in [-0.05, 0) is 71.5 Å². The zero-order chi connectivity index (χ0) is 37.0. The van der Waals surface area contributed by atoms with Crippen LogP contribution in [0.15, 0.2) is 24.3 Å². The first kappa shape index (κ1) is 41.1. The number of primary amides is 2. The van der Waals surface area contributed by atoms with Gasteiger partial charge in [0, 0.05) is 43.5 Å². The van der Waals surface area contributed by atoms with E-state index in [2.05, 4.69) is 25.5 Å². The van der Waals surface area contributed by atoms with Crippen molar-refractivity contribution in [2.75, 3.05) is 52.2 Å². The van der Waals surface area contributed by atoms with E-state index < -0.39 is 0 Å². The largest absolute Gasteiger partial charge is 0.382 e. The van der Waals surface area contributed by atoms with Crippen molar-refractivity contribution in [2.45, 2.75) is 84.3 Å². The van der Waals surface area contributed by atoms with Crippen LogP contribution in [0.3, 0.4) is 0 Å². The van der Waals surface area contributed by atoms with Crippen molar-refractivity contribution < 1.29 is 28.7 Å². The van der Waals surface area contributed by atoms with Gasteiger partial charge < -0.3 is 47.2 Å². The molecule has 0 saturated heterocycles. The molecule has 0 fully saturated rings. The first-order chi connectivity index (χ1) is 24.7. The number of fused-ring (bicyclic) bond motifs is 3. The quantitative estimate of drug-likeness (QED) is 0.0632. The van der Waals surface area contributed by atoms with Crippen molar-refractivity contribution in [3.8, 4) is 0 Å². The first-order valence-corrected chi connectivity index (χ1v) is 18.1. The van der Waals surface area contributed by atoms with Crippen LogP contribution in [-0.4, -0.2) is 84.7 Å². The van der Waals surface area contributed by atoms with Gasteiger partial charge in [-0.3, -0.25) is 19.2 Å². The number of rotatable bonds is 27. The van der Waals surface area contributed by atoms with Crippen LogP contribution in [0, 0.1) is 11.8 Å². The van der Waals surface area contributed by atoms with Crippen molar-refractivity contribution in [1.29, 1.82) is 0 Å². The zero-order valence-corrected chi connectivity index (χ0v) is 30.2. The average molecular weight is 712 g/mol. The number of nitrogens with one attached hydrogen (secondary N) is 3. The van der Waals surface area contributed by atoms with Gasteiger partial charge in [0.25, 0.3) is 0 Å². The molecule has 0 bridgehead atoms. The van der Waals surface area contributed by atoms with E-state index in [0.717, 1.165) is 48.1 Å². The van der Waals surface area contributed by atoms with Gasteiger partial charge in [0.05, 0.1) is 11.0 Å². The lowest BCUT2D eigenvalue weighted by molar-refractivity contribution is -0.131.